The standard InChI is InChI=1S/C99H59N7/c1-2-17-67(18-3-1)96-104-97(106-98(105-96)69-50-42-63(43-51-69)88-57-89-81-28-7-4-24-77(81)78-25-8-10-30-84(78)93(89)85-31-11-9-29-82(85)88)68-48-40-62(41-49-68)76-33-14-21-71-56-73(59-101-95(71)76)70-20-12-22-72(55-70)99-102-90(58-91(103-99)65-46-38-61(39-47-65)75-32-13-19-66-23-16-54-100-94(66)75)64-44-36-60(37-45-64)74-52-53-87-80-27-6-5-26-79(80)86-35-15-34-83(74)92(86)87/h1-59H. The highest BCUT2D eigenvalue weighted by atomic mass is 15.0. The van der Waals surface area contributed by atoms with Gasteiger partial charge in [-0.25, -0.2) is 24.9 Å². The van der Waals surface area contributed by atoms with Crippen LogP contribution in [-0.4, -0.2) is 34.9 Å². The minimum atomic E-state index is 0.588. The maximum atomic E-state index is 5.39. The van der Waals surface area contributed by atoms with Gasteiger partial charge < -0.3 is 0 Å². The second-order valence-electron chi connectivity index (χ2n) is 27.4. The number of pyridine rings is 2. The van der Waals surface area contributed by atoms with E-state index >= 15 is 0 Å². The van der Waals surface area contributed by atoms with Crippen LogP contribution in [0.1, 0.15) is 0 Å². The molecule has 7 nitrogen and oxygen atoms in total. The zero-order valence-corrected chi connectivity index (χ0v) is 57.2. The average Bonchev–Trinajstić information content (AvgIpc) is 1.66. The third-order valence-corrected chi connectivity index (χ3v) is 21.4. The van der Waals surface area contributed by atoms with E-state index in [0.29, 0.717) is 23.3 Å². The second kappa shape index (κ2) is 24.8. The molecule has 0 radical (unpaired) electrons. The first-order valence-electron chi connectivity index (χ1n) is 35.9. The van der Waals surface area contributed by atoms with Gasteiger partial charge in [0.2, 0.25) is 0 Å². The summed E-state index contributed by atoms with van der Waals surface area (Å²) in [5.74, 6) is 2.42. The molecule has 0 saturated carbocycles. The zero-order valence-electron chi connectivity index (χ0n) is 57.2. The molecular weight excluding hydrogens is 1290 g/mol. The minimum absolute atomic E-state index is 0.588. The minimum Gasteiger partial charge on any atom is -0.256 e. The van der Waals surface area contributed by atoms with Crippen molar-refractivity contribution >= 4 is 75.7 Å². The van der Waals surface area contributed by atoms with E-state index in [0.717, 1.165) is 111 Å². The van der Waals surface area contributed by atoms with Crippen molar-refractivity contribution in [1.29, 1.82) is 0 Å². The molecule has 1 aliphatic rings. The maximum Gasteiger partial charge on any atom is 0.164 e. The van der Waals surface area contributed by atoms with Gasteiger partial charge in [-0.05, 0) is 145 Å². The molecule has 0 amide bonds. The van der Waals surface area contributed by atoms with Crippen LogP contribution in [0, 0.1) is 0 Å². The summed E-state index contributed by atoms with van der Waals surface area (Å²) in [5, 5.41) is 14.7. The summed E-state index contributed by atoms with van der Waals surface area (Å²) in [6.45, 7) is 0. The van der Waals surface area contributed by atoms with Crippen LogP contribution in [0.2, 0.25) is 0 Å². The first-order valence-corrected chi connectivity index (χ1v) is 35.9. The Morgan fingerprint density at radius 1 is 0.170 bits per heavy atom. The largest absolute Gasteiger partial charge is 0.256 e. The third-order valence-electron chi connectivity index (χ3n) is 21.4. The lowest BCUT2D eigenvalue weighted by Crippen LogP contribution is -2.00. The van der Waals surface area contributed by atoms with E-state index < -0.39 is 0 Å². The van der Waals surface area contributed by atoms with Crippen LogP contribution in [0.25, 0.3) is 222 Å². The number of fused-ring (bicyclic) bond motifs is 13. The highest BCUT2D eigenvalue weighted by Gasteiger charge is 2.24. The van der Waals surface area contributed by atoms with Crippen LogP contribution < -0.4 is 0 Å². The van der Waals surface area contributed by atoms with Crippen molar-refractivity contribution in [3.05, 3.63) is 358 Å². The summed E-state index contributed by atoms with van der Waals surface area (Å²) >= 11 is 0. The summed E-state index contributed by atoms with van der Waals surface area (Å²) in [4.78, 5) is 36.3. The van der Waals surface area contributed by atoms with Crippen molar-refractivity contribution in [2.75, 3.05) is 0 Å². The van der Waals surface area contributed by atoms with Crippen LogP contribution in [0.3, 0.4) is 0 Å². The van der Waals surface area contributed by atoms with E-state index in [1.807, 2.05) is 48.8 Å². The fourth-order valence-corrected chi connectivity index (χ4v) is 16.3. The van der Waals surface area contributed by atoms with Gasteiger partial charge in [0.15, 0.2) is 23.3 Å². The molecule has 4 aromatic heterocycles. The van der Waals surface area contributed by atoms with Crippen LogP contribution >= 0.6 is 0 Å². The monoisotopic (exact) mass is 1350 g/mol. The third kappa shape index (κ3) is 10.2. The lowest BCUT2D eigenvalue weighted by Gasteiger charge is -2.16. The quantitative estimate of drug-likeness (QED) is 0.119. The summed E-state index contributed by atoms with van der Waals surface area (Å²) in [7, 11) is 0. The van der Waals surface area contributed by atoms with E-state index in [1.165, 1.54) is 87.2 Å². The lowest BCUT2D eigenvalue weighted by atomic mass is 9.87. The van der Waals surface area contributed by atoms with E-state index in [4.69, 9.17) is 34.9 Å². The van der Waals surface area contributed by atoms with Gasteiger partial charge in [0.1, 0.15) is 0 Å². The molecule has 0 aliphatic heterocycles. The summed E-state index contributed by atoms with van der Waals surface area (Å²) in [6.07, 6.45) is 3.84. The molecule has 1 aliphatic carbocycles. The Kier molecular flexibility index (Phi) is 14.1. The molecule has 0 fully saturated rings. The Balaban J connectivity index is 0.596. The predicted molar refractivity (Wildman–Crippen MR) is 438 cm³/mol. The van der Waals surface area contributed by atoms with Gasteiger partial charge in [-0.2, -0.15) is 0 Å². The second-order valence-corrected chi connectivity index (χ2v) is 27.4. The molecule has 0 saturated heterocycles. The summed E-state index contributed by atoms with van der Waals surface area (Å²) in [5.41, 5.74) is 25.1. The van der Waals surface area contributed by atoms with E-state index in [2.05, 4.69) is 309 Å². The molecule has 490 valence electrons. The SMILES string of the molecule is c1ccc(-c2nc(-c3ccc(-c4cc5c6ccccc6c6ccccc6c5c5ccccc45)cc3)nc(-c3ccc(-c4cccc5cc(-c6cccc(-c7nc(-c8ccc(-c9ccc%10c%11c(cccc9%11)-c9ccccc9-%10)cc8)cc(-c8ccc(-c9cccc%10cccnc9%10)cc8)n7)c6)cnc45)cc3)n2)cc1. The van der Waals surface area contributed by atoms with Crippen molar-refractivity contribution in [2.45, 2.75) is 0 Å². The number of benzene rings is 16. The molecular formula is C99H59N7. The molecule has 20 aromatic rings. The van der Waals surface area contributed by atoms with Gasteiger partial charge in [0.05, 0.1) is 22.4 Å². The van der Waals surface area contributed by atoms with Crippen molar-refractivity contribution in [1.82, 2.24) is 34.9 Å². The Morgan fingerprint density at radius 2 is 0.575 bits per heavy atom. The number of aromatic nitrogens is 7. The fraction of sp³-hybridized carbons (Fsp3) is 0. The van der Waals surface area contributed by atoms with Crippen LogP contribution in [0.4, 0.5) is 0 Å². The normalized spacial score (nSPS) is 11.8. The number of para-hydroxylation sites is 2. The molecule has 4 heterocycles. The number of hydrogen-bond acceptors (Lipinski definition) is 7. The van der Waals surface area contributed by atoms with Gasteiger partial charge in [-0.3, -0.25) is 9.97 Å². The molecule has 0 spiro atoms. The van der Waals surface area contributed by atoms with Crippen LogP contribution in [0.15, 0.2) is 358 Å². The maximum absolute atomic E-state index is 5.39. The van der Waals surface area contributed by atoms with Crippen molar-refractivity contribution < 1.29 is 0 Å². The average molecular weight is 1350 g/mol. The Morgan fingerprint density at radius 3 is 1.22 bits per heavy atom. The van der Waals surface area contributed by atoms with Crippen molar-refractivity contribution in [2.24, 2.45) is 0 Å². The molecule has 16 aromatic carbocycles. The highest BCUT2D eigenvalue weighted by molar-refractivity contribution is 6.33. The van der Waals surface area contributed by atoms with Crippen LogP contribution in [0.5, 0.6) is 0 Å². The Bertz CT molecular complexity index is 6940. The molecule has 106 heavy (non-hydrogen) atoms. The Hall–Kier alpha value is -14.3. The Labute approximate surface area is 610 Å². The number of rotatable bonds is 11. The lowest BCUT2D eigenvalue weighted by molar-refractivity contribution is 1.07. The first-order chi connectivity index (χ1) is 52.5. The smallest absolute Gasteiger partial charge is 0.164 e. The molecule has 0 unspecified atom stereocenters. The number of hydrogen-bond donors (Lipinski definition) is 0. The van der Waals surface area contributed by atoms with Crippen molar-refractivity contribution in [3.8, 4) is 146 Å². The van der Waals surface area contributed by atoms with E-state index in [1.54, 1.807) is 0 Å². The molecule has 7 heteroatoms. The van der Waals surface area contributed by atoms with Crippen molar-refractivity contribution in [3.63, 3.8) is 0 Å². The van der Waals surface area contributed by atoms with Gasteiger partial charge in [-0.15, -0.1) is 0 Å². The highest BCUT2D eigenvalue weighted by Crippen LogP contribution is 2.50. The van der Waals surface area contributed by atoms with Crippen LogP contribution in [-0.2, 0) is 0 Å². The fourth-order valence-electron chi connectivity index (χ4n) is 16.3. The molecule has 0 atom stereocenters. The predicted octanol–water partition coefficient (Wildman–Crippen LogP) is 25.5. The summed E-state index contributed by atoms with van der Waals surface area (Å²) in [6, 6.07) is 123. The summed E-state index contributed by atoms with van der Waals surface area (Å²) < 4.78 is 0. The first kappa shape index (κ1) is 60.5. The van der Waals surface area contributed by atoms with E-state index in [9.17, 15) is 0 Å². The topological polar surface area (TPSA) is 90.2 Å². The van der Waals surface area contributed by atoms with E-state index in [-0.39, 0.29) is 0 Å². The zero-order chi connectivity index (χ0) is 69.8. The van der Waals surface area contributed by atoms with Gasteiger partial charge >= 0.3 is 0 Å². The molecule has 0 bridgehead atoms. The van der Waals surface area contributed by atoms with Gasteiger partial charge in [-0.1, -0.05) is 315 Å². The molecule has 0 N–H and O–H groups in total. The van der Waals surface area contributed by atoms with Gasteiger partial charge in [0.25, 0.3) is 0 Å². The van der Waals surface area contributed by atoms with Gasteiger partial charge in [0, 0.05) is 73.2 Å². The number of nitrogens with zero attached hydrogens (tertiary/aromatic N) is 7. The molecule has 21 rings (SSSR count).